The minimum atomic E-state index is -6.69. The Kier molecular flexibility index (Phi) is 10.2. The summed E-state index contributed by atoms with van der Waals surface area (Å²) in [6.07, 6.45) is -18.4. The molecule has 0 saturated heterocycles. The second kappa shape index (κ2) is 12.9. The molecule has 0 aliphatic heterocycles. The maximum absolute atomic E-state index is 15.6. The highest BCUT2D eigenvalue weighted by Gasteiger charge is 2.73. The highest BCUT2D eigenvalue weighted by Crippen LogP contribution is 2.55. The number of benzene rings is 3. The Hall–Kier alpha value is -4.22. The molecule has 0 spiro atoms. The van der Waals surface area contributed by atoms with Crippen LogP contribution >= 0.6 is 11.6 Å². The number of nitrogens with one attached hydrogen (secondary N) is 1. The maximum atomic E-state index is 15.6. The van der Waals surface area contributed by atoms with Gasteiger partial charge in [0.25, 0.3) is 11.8 Å². The third-order valence-corrected chi connectivity index (χ3v) is 6.52. The van der Waals surface area contributed by atoms with E-state index in [-0.39, 0.29) is 6.07 Å². The van der Waals surface area contributed by atoms with Gasteiger partial charge in [-0.25, -0.2) is 8.78 Å². The van der Waals surface area contributed by atoms with Gasteiger partial charge in [0.05, 0.1) is 27.4 Å². The first-order chi connectivity index (χ1) is 21.1. The molecule has 250 valence electrons. The summed E-state index contributed by atoms with van der Waals surface area (Å²) < 4.78 is 180. The normalized spacial score (nSPS) is 12.7. The van der Waals surface area contributed by atoms with Crippen molar-refractivity contribution in [3.05, 3.63) is 87.7 Å². The van der Waals surface area contributed by atoms with Crippen molar-refractivity contribution in [1.29, 1.82) is 0 Å². The summed E-state index contributed by atoms with van der Waals surface area (Å²) in [4.78, 5) is 26.6. The Balaban J connectivity index is 2.10. The number of hydrogen-bond donors (Lipinski definition) is 1. The summed E-state index contributed by atoms with van der Waals surface area (Å²) >= 11 is 5.68. The molecule has 0 saturated carbocycles. The fourth-order valence-corrected chi connectivity index (χ4v) is 4.41. The molecule has 2 amide bonds. The van der Waals surface area contributed by atoms with Gasteiger partial charge in [-0.2, -0.15) is 48.3 Å². The molecule has 0 fully saturated rings. The zero-order chi connectivity index (χ0) is 35.0. The number of halogens is 14. The van der Waals surface area contributed by atoms with E-state index in [1.807, 2.05) is 0 Å². The Morgan fingerprint density at radius 3 is 1.96 bits per heavy atom. The van der Waals surface area contributed by atoms with Gasteiger partial charge in [-0.1, -0.05) is 29.8 Å². The van der Waals surface area contributed by atoms with E-state index in [4.69, 9.17) is 11.6 Å². The number of ether oxygens (including phenoxy) is 1. The molecule has 19 heteroatoms. The van der Waals surface area contributed by atoms with E-state index in [1.165, 1.54) is 6.92 Å². The van der Waals surface area contributed by atoms with Crippen LogP contribution in [0.15, 0.2) is 54.6 Å². The molecule has 0 radical (unpaired) electrons. The average molecular weight is 699 g/mol. The SMILES string of the molecule is CCN(C(=O)c1ccccc1C(F)(F)F)c1cccc(C(=O)Nc2c(Cl)cc(C(F)(C(F)(F)F)C(F)(F)F)cc2OC(F)F)c1F. The second-order valence-electron chi connectivity index (χ2n) is 9.05. The number of rotatable bonds is 8. The number of hydrogen-bond acceptors (Lipinski definition) is 3. The first-order valence-corrected chi connectivity index (χ1v) is 12.6. The lowest BCUT2D eigenvalue weighted by Crippen LogP contribution is -2.50. The largest absolute Gasteiger partial charge is 0.435 e. The molecule has 0 aliphatic rings. The fourth-order valence-electron chi connectivity index (χ4n) is 4.15. The van der Waals surface area contributed by atoms with Crippen LogP contribution in [0.25, 0.3) is 0 Å². The van der Waals surface area contributed by atoms with Crippen LogP contribution in [0.3, 0.4) is 0 Å². The molecule has 3 rings (SSSR count). The lowest BCUT2D eigenvalue weighted by Gasteiger charge is -2.31. The smallest absolute Gasteiger partial charge is 0.433 e. The van der Waals surface area contributed by atoms with E-state index < -0.39 is 105 Å². The lowest BCUT2D eigenvalue weighted by molar-refractivity contribution is -0.348. The molecule has 1 N–H and O–H groups in total. The van der Waals surface area contributed by atoms with Crippen LogP contribution in [0, 0.1) is 5.82 Å². The standard InChI is InChI=1S/C27H16ClF13N2O3/c1-2-43(22(45)13-6-3-4-8-15(13)25(33,34)35)17-9-5-7-14(19(17)29)21(44)42-20-16(28)10-12(11-18(20)46-23(30)31)24(32,26(36,37)38)27(39,40)41/h3-11,23H,2H2,1H3,(H,42,44). The summed E-state index contributed by atoms with van der Waals surface area (Å²) in [6.45, 7) is -3.20. The van der Waals surface area contributed by atoms with E-state index in [0.29, 0.717) is 17.0 Å². The number of alkyl halides is 12. The third kappa shape index (κ3) is 6.95. The highest BCUT2D eigenvalue weighted by atomic mass is 35.5. The summed E-state index contributed by atoms with van der Waals surface area (Å²) in [5.74, 6) is -6.29. The van der Waals surface area contributed by atoms with Crippen molar-refractivity contribution in [1.82, 2.24) is 0 Å². The molecule has 0 atom stereocenters. The molecule has 0 aromatic heterocycles. The van der Waals surface area contributed by atoms with Gasteiger partial charge >= 0.3 is 30.8 Å². The van der Waals surface area contributed by atoms with Gasteiger partial charge < -0.3 is 15.0 Å². The summed E-state index contributed by atoms with van der Waals surface area (Å²) in [5.41, 5.74) is -13.8. The molecule has 5 nitrogen and oxygen atoms in total. The predicted molar refractivity (Wildman–Crippen MR) is 136 cm³/mol. The van der Waals surface area contributed by atoms with E-state index >= 15 is 4.39 Å². The molecule has 0 aliphatic carbocycles. The van der Waals surface area contributed by atoms with Crippen molar-refractivity contribution in [2.75, 3.05) is 16.8 Å². The first-order valence-electron chi connectivity index (χ1n) is 12.2. The molecule has 0 unspecified atom stereocenters. The topological polar surface area (TPSA) is 58.6 Å². The molecule has 0 heterocycles. The number of carbonyl (C=O) groups is 2. The predicted octanol–water partition coefficient (Wildman–Crippen LogP) is 9.31. The van der Waals surface area contributed by atoms with Gasteiger partial charge in [0, 0.05) is 12.1 Å². The van der Waals surface area contributed by atoms with Crippen LogP contribution < -0.4 is 15.0 Å². The third-order valence-electron chi connectivity index (χ3n) is 6.23. The van der Waals surface area contributed by atoms with Crippen molar-refractivity contribution in [2.45, 2.75) is 37.7 Å². The monoisotopic (exact) mass is 698 g/mol. The van der Waals surface area contributed by atoms with Crippen LogP contribution in [0.4, 0.5) is 68.5 Å². The van der Waals surface area contributed by atoms with Gasteiger partial charge in [0.2, 0.25) is 0 Å². The van der Waals surface area contributed by atoms with E-state index in [0.717, 1.165) is 30.3 Å². The van der Waals surface area contributed by atoms with Gasteiger partial charge in [0.15, 0.2) is 11.6 Å². The molecule has 46 heavy (non-hydrogen) atoms. The number of carbonyl (C=O) groups excluding carboxylic acids is 2. The van der Waals surface area contributed by atoms with Crippen molar-refractivity contribution < 1.29 is 71.4 Å². The highest BCUT2D eigenvalue weighted by molar-refractivity contribution is 6.34. The average Bonchev–Trinajstić information content (AvgIpc) is 2.93. The molecular formula is C27H16ClF13N2O3. The summed E-state index contributed by atoms with van der Waals surface area (Å²) in [7, 11) is 0. The van der Waals surface area contributed by atoms with Gasteiger partial charge in [0.1, 0.15) is 5.69 Å². The summed E-state index contributed by atoms with van der Waals surface area (Å²) in [5, 5.41) is 0.279. The second-order valence-corrected chi connectivity index (χ2v) is 9.46. The van der Waals surface area contributed by atoms with E-state index in [2.05, 4.69) is 4.74 Å². The molecular weight excluding hydrogens is 683 g/mol. The van der Waals surface area contributed by atoms with Crippen LogP contribution in [-0.4, -0.2) is 37.3 Å². The Morgan fingerprint density at radius 2 is 1.43 bits per heavy atom. The van der Waals surface area contributed by atoms with Gasteiger partial charge in [-0.15, -0.1) is 0 Å². The van der Waals surface area contributed by atoms with Crippen molar-refractivity contribution in [3.63, 3.8) is 0 Å². The Morgan fingerprint density at radius 1 is 0.870 bits per heavy atom. The van der Waals surface area contributed by atoms with E-state index in [1.54, 1.807) is 5.32 Å². The molecule has 0 bridgehead atoms. The van der Waals surface area contributed by atoms with E-state index in [9.17, 15) is 62.3 Å². The summed E-state index contributed by atoms with van der Waals surface area (Å²) in [6, 6.07) is 5.29. The molecule has 3 aromatic rings. The first kappa shape index (κ1) is 36.3. The van der Waals surface area contributed by atoms with Crippen LogP contribution in [0.5, 0.6) is 5.75 Å². The Labute approximate surface area is 254 Å². The Bertz CT molecular complexity index is 1610. The number of nitrogens with zero attached hydrogens (tertiary/aromatic N) is 1. The van der Waals surface area contributed by atoms with Gasteiger partial charge in [-0.3, -0.25) is 9.59 Å². The van der Waals surface area contributed by atoms with Gasteiger partial charge in [-0.05, 0) is 43.3 Å². The lowest BCUT2D eigenvalue weighted by atomic mass is 9.93. The van der Waals surface area contributed by atoms with Crippen molar-refractivity contribution >= 4 is 34.8 Å². The van der Waals surface area contributed by atoms with Crippen molar-refractivity contribution in [3.8, 4) is 5.75 Å². The quantitative estimate of drug-likeness (QED) is 0.239. The van der Waals surface area contributed by atoms with Crippen LogP contribution in [0.2, 0.25) is 5.02 Å². The zero-order valence-electron chi connectivity index (χ0n) is 22.4. The number of amides is 2. The minimum absolute atomic E-state index is 0.279. The fraction of sp³-hybridized carbons (Fsp3) is 0.259. The molecule has 3 aromatic carbocycles. The minimum Gasteiger partial charge on any atom is -0.433 e. The van der Waals surface area contributed by atoms with Crippen molar-refractivity contribution in [2.24, 2.45) is 0 Å². The maximum Gasteiger partial charge on any atom is 0.435 e. The van der Waals surface area contributed by atoms with Crippen LogP contribution in [-0.2, 0) is 11.8 Å². The zero-order valence-corrected chi connectivity index (χ0v) is 23.2. The number of anilines is 2. The van der Waals surface area contributed by atoms with Crippen LogP contribution in [0.1, 0.15) is 38.8 Å².